The molecule has 1 spiro atoms. The van der Waals surface area contributed by atoms with E-state index in [-0.39, 0.29) is 24.3 Å². The van der Waals surface area contributed by atoms with Gasteiger partial charge >= 0.3 is 6.03 Å². The van der Waals surface area contributed by atoms with Crippen molar-refractivity contribution in [1.29, 1.82) is 0 Å². The summed E-state index contributed by atoms with van der Waals surface area (Å²) >= 11 is 1.52. The Kier molecular flexibility index (Phi) is 5.16. The Morgan fingerprint density at radius 1 is 1.36 bits per heavy atom. The summed E-state index contributed by atoms with van der Waals surface area (Å²) in [6.07, 6.45) is 7.82. The van der Waals surface area contributed by atoms with E-state index in [0.29, 0.717) is 17.5 Å². The molecule has 0 aromatic carbocycles. The predicted molar refractivity (Wildman–Crippen MR) is 107 cm³/mol. The zero-order chi connectivity index (χ0) is 19.9. The highest BCUT2D eigenvalue weighted by Crippen LogP contribution is 2.38. The number of rotatable bonds is 4. The molecule has 1 aliphatic heterocycles. The second kappa shape index (κ2) is 7.46. The molecule has 3 atom stereocenters. The lowest BCUT2D eigenvalue weighted by Crippen LogP contribution is -2.54. The lowest BCUT2D eigenvalue weighted by atomic mass is 9.73. The molecule has 0 radical (unpaired) electrons. The maximum atomic E-state index is 13.0. The number of hydrogen-bond acceptors (Lipinski definition) is 5. The van der Waals surface area contributed by atoms with Crippen LogP contribution in [0.5, 0.6) is 0 Å². The SMILES string of the molecule is CCC1CCc2nc(NC(=O)CN3C(=O)NC4(CCCCC4C)C3=O)sc2C1. The molecule has 3 aliphatic rings. The molecule has 1 saturated heterocycles. The third kappa shape index (κ3) is 3.32. The van der Waals surface area contributed by atoms with Gasteiger partial charge in [-0.15, -0.1) is 11.3 Å². The summed E-state index contributed by atoms with van der Waals surface area (Å²) < 4.78 is 0. The zero-order valence-electron chi connectivity index (χ0n) is 16.5. The number of carbonyl (C=O) groups excluding carboxylic acids is 3. The average Bonchev–Trinajstić information content (AvgIpc) is 3.17. The van der Waals surface area contributed by atoms with Crippen molar-refractivity contribution >= 4 is 34.3 Å². The Morgan fingerprint density at radius 2 is 2.18 bits per heavy atom. The van der Waals surface area contributed by atoms with Crippen molar-refractivity contribution in [3.8, 4) is 0 Å². The number of fused-ring (bicyclic) bond motifs is 1. The van der Waals surface area contributed by atoms with E-state index >= 15 is 0 Å². The highest BCUT2D eigenvalue weighted by molar-refractivity contribution is 7.15. The largest absolute Gasteiger partial charge is 0.325 e. The molecule has 8 heteroatoms. The molecule has 7 nitrogen and oxygen atoms in total. The summed E-state index contributed by atoms with van der Waals surface area (Å²) in [5, 5.41) is 6.25. The number of aryl methyl sites for hydroxylation is 1. The van der Waals surface area contributed by atoms with Crippen LogP contribution in [0.1, 0.15) is 62.9 Å². The van der Waals surface area contributed by atoms with Gasteiger partial charge in [-0.2, -0.15) is 0 Å². The molecular weight excluding hydrogens is 376 g/mol. The molecule has 1 aromatic rings. The predicted octanol–water partition coefficient (Wildman–Crippen LogP) is 3.10. The third-order valence-electron chi connectivity index (χ3n) is 6.67. The van der Waals surface area contributed by atoms with Gasteiger partial charge in [0, 0.05) is 4.88 Å². The Labute approximate surface area is 169 Å². The normalized spacial score (nSPS) is 29.7. The van der Waals surface area contributed by atoms with Crippen molar-refractivity contribution in [2.75, 3.05) is 11.9 Å². The van der Waals surface area contributed by atoms with Crippen LogP contribution in [0.2, 0.25) is 0 Å². The number of amides is 4. The van der Waals surface area contributed by atoms with Gasteiger partial charge in [0.1, 0.15) is 12.1 Å². The zero-order valence-corrected chi connectivity index (χ0v) is 17.4. The quantitative estimate of drug-likeness (QED) is 0.755. The van der Waals surface area contributed by atoms with Gasteiger partial charge < -0.3 is 10.6 Å². The smallest absolute Gasteiger partial charge is 0.323 e. The van der Waals surface area contributed by atoms with E-state index < -0.39 is 11.6 Å². The maximum Gasteiger partial charge on any atom is 0.325 e. The molecule has 1 aromatic heterocycles. The number of nitrogens with zero attached hydrogens (tertiary/aromatic N) is 2. The van der Waals surface area contributed by atoms with E-state index in [0.717, 1.165) is 55.5 Å². The van der Waals surface area contributed by atoms with Gasteiger partial charge in [-0.3, -0.25) is 14.5 Å². The van der Waals surface area contributed by atoms with Crippen LogP contribution in [0.15, 0.2) is 0 Å². The molecular formula is C20H28N4O3S. The summed E-state index contributed by atoms with van der Waals surface area (Å²) in [6, 6.07) is -0.460. The standard InChI is InChI=1S/C20H28N4O3S/c1-3-13-7-8-14-15(10-13)28-18(21-14)22-16(25)11-24-17(26)20(23-19(24)27)9-5-4-6-12(20)2/h12-13H,3-11H2,1-2H3,(H,23,27)(H,21,22,25). The van der Waals surface area contributed by atoms with E-state index in [1.165, 1.54) is 16.2 Å². The molecule has 152 valence electrons. The number of aromatic nitrogens is 1. The van der Waals surface area contributed by atoms with Gasteiger partial charge in [0.2, 0.25) is 5.91 Å². The number of hydrogen-bond donors (Lipinski definition) is 2. The number of urea groups is 1. The summed E-state index contributed by atoms with van der Waals surface area (Å²) in [5.74, 6) is 0.144. The maximum absolute atomic E-state index is 13.0. The minimum absolute atomic E-state index is 0.0861. The molecule has 4 rings (SSSR count). The summed E-state index contributed by atoms with van der Waals surface area (Å²) in [6.45, 7) is 3.95. The highest BCUT2D eigenvalue weighted by Gasteiger charge is 2.55. The Morgan fingerprint density at radius 3 is 2.93 bits per heavy atom. The first-order valence-corrected chi connectivity index (χ1v) is 11.2. The van der Waals surface area contributed by atoms with Crippen molar-refractivity contribution in [3.63, 3.8) is 0 Å². The Hall–Kier alpha value is -1.96. The second-order valence-corrected chi connectivity index (χ2v) is 9.48. The first-order valence-electron chi connectivity index (χ1n) is 10.4. The number of thiazole rings is 1. The molecule has 2 fully saturated rings. The van der Waals surface area contributed by atoms with Crippen molar-refractivity contribution in [3.05, 3.63) is 10.6 Å². The molecule has 2 heterocycles. The van der Waals surface area contributed by atoms with Crippen LogP contribution in [0.25, 0.3) is 0 Å². The van der Waals surface area contributed by atoms with Crippen LogP contribution >= 0.6 is 11.3 Å². The van der Waals surface area contributed by atoms with Gasteiger partial charge in [0.15, 0.2) is 5.13 Å². The molecule has 1 saturated carbocycles. The van der Waals surface area contributed by atoms with Gasteiger partial charge in [-0.25, -0.2) is 9.78 Å². The molecule has 0 bridgehead atoms. The molecule has 3 unspecified atom stereocenters. The lowest BCUT2D eigenvalue weighted by molar-refractivity contribution is -0.136. The number of imide groups is 1. The fourth-order valence-electron chi connectivity index (χ4n) is 4.79. The number of carbonyl (C=O) groups is 3. The molecule has 4 amide bonds. The van der Waals surface area contributed by atoms with Gasteiger partial charge in [0.25, 0.3) is 5.91 Å². The fourth-order valence-corrected chi connectivity index (χ4v) is 5.93. The van der Waals surface area contributed by atoms with Crippen LogP contribution in [0.3, 0.4) is 0 Å². The summed E-state index contributed by atoms with van der Waals surface area (Å²) in [4.78, 5) is 44.8. The van der Waals surface area contributed by atoms with Crippen LogP contribution in [0, 0.1) is 11.8 Å². The summed E-state index contributed by atoms with van der Waals surface area (Å²) in [7, 11) is 0. The minimum atomic E-state index is -0.828. The first kappa shape index (κ1) is 19.4. The molecule has 2 aliphatic carbocycles. The van der Waals surface area contributed by atoms with Crippen LogP contribution in [-0.4, -0.2) is 39.8 Å². The lowest BCUT2D eigenvalue weighted by Gasteiger charge is -2.36. The van der Waals surface area contributed by atoms with Crippen LogP contribution in [-0.2, 0) is 22.4 Å². The fraction of sp³-hybridized carbons (Fsp3) is 0.700. The summed E-state index contributed by atoms with van der Waals surface area (Å²) in [5.41, 5.74) is 0.250. The van der Waals surface area contributed by atoms with Gasteiger partial charge in [-0.05, 0) is 43.9 Å². The second-order valence-electron chi connectivity index (χ2n) is 8.39. The average molecular weight is 405 g/mol. The monoisotopic (exact) mass is 404 g/mol. The van der Waals surface area contributed by atoms with Crippen molar-refractivity contribution in [1.82, 2.24) is 15.2 Å². The van der Waals surface area contributed by atoms with E-state index in [1.54, 1.807) is 0 Å². The van der Waals surface area contributed by atoms with Crippen LogP contribution < -0.4 is 10.6 Å². The van der Waals surface area contributed by atoms with Crippen molar-refractivity contribution in [2.24, 2.45) is 11.8 Å². The molecule has 28 heavy (non-hydrogen) atoms. The number of anilines is 1. The Balaban J connectivity index is 1.41. The van der Waals surface area contributed by atoms with Crippen molar-refractivity contribution < 1.29 is 14.4 Å². The topological polar surface area (TPSA) is 91.4 Å². The Bertz CT molecular complexity index is 807. The van der Waals surface area contributed by atoms with E-state index in [4.69, 9.17) is 0 Å². The van der Waals surface area contributed by atoms with E-state index in [2.05, 4.69) is 22.5 Å². The van der Waals surface area contributed by atoms with E-state index in [1.807, 2.05) is 6.92 Å². The van der Waals surface area contributed by atoms with Crippen LogP contribution in [0.4, 0.5) is 9.93 Å². The van der Waals surface area contributed by atoms with Gasteiger partial charge in [0.05, 0.1) is 5.69 Å². The van der Waals surface area contributed by atoms with Gasteiger partial charge in [-0.1, -0.05) is 33.1 Å². The van der Waals surface area contributed by atoms with E-state index in [9.17, 15) is 14.4 Å². The highest BCUT2D eigenvalue weighted by atomic mass is 32.1. The third-order valence-corrected chi connectivity index (χ3v) is 7.70. The molecule has 2 N–H and O–H groups in total. The first-order chi connectivity index (χ1) is 13.4. The van der Waals surface area contributed by atoms with Crippen molar-refractivity contribution in [2.45, 2.75) is 70.8 Å². The minimum Gasteiger partial charge on any atom is -0.323 e. The number of nitrogens with one attached hydrogen (secondary N) is 2.